The molecule has 0 radical (unpaired) electrons. The van der Waals surface area contributed by atoms with Crippen LogP contribution < -0.4 is 10.1 Å². The zero-order valence-electron chi connectivity index (χ0n) is 16.7. The number of morpholine rings is 1. The van der Waals surface area contributed by atoms with Gasteiger partial charge in [-0.3, -0.25) is 4.79 Å². The Kier molecular flexibility index (Phi) is 5.00. The molecule has 2 fully saturated rings. The van der Waals surface area contributed by atoms with Gasteiger partial charge in [0.1, 0.15) is 11.6 Å². The van der Waals surface area contributed by atoms with Gasteiger partial charge in [0, 0.05) is 36.6 Å². The maximum atomic E-state index is 13.2. The molecule has 9 heteroatoms. The van der Waals surface area contributed by atoms with Gasteiger partial charge in [0.05, 0.1) is 18.8 Å². The van der Waals surface area contributed by atoms with Crippen LogP contribution in [0.2, 0.25) is 0 Å². The predicted octanol–water partition coefficient (Wildman–Crippen LogP) is 4.56. The standard InChI is InChI=1S/C22H22F3N3O3/c23-22(24,25)31-16-3-1-2-15(11-16)27-20-19-14-5-4-13(10-14)18(19)17(12-26-20)21(29)28-6-8-30-9-7-28/h1-3,11-14H,4-10H2,(H,26,27). The van der Waals surface area contributed by atoms with Crippen LogP contribution in [-0.4, -0.2) is 48.5 Å². The quantitative estimate of drug-likeness (QED) is 0.766. The number of pyridine rings is 1. The van der Waals surface area contributed by atoms with Crippen LogP contribution in [0.1, 0.15) is 52.6 Å². The van der Waals surface area contributed by atoms with Crippen molar-refractivity contribution in [1.29, 1.82) is 0 Å². The summed E-state index contributed by atoms with van der Waals surface area (Å²) in [4.78, 5) is 19.5. The Bertz CT molecular complexity index is 1010. The minimum atomic E-state index is -4.75. The number of rotatable bonds is 4. The van der Waals surface area contributed by atoms with Crippen LogP contribution in [0.25, 0.3) is 0 Å². The Labute approximate surface area is 177 Å². The number of hydrogen-bond donors (Lipinski definition) is 1. The number of hydrogen-bond acceptors (Lipinski definition) is 5. The third kappa shape index (κ3) is 3.94. The van der Waals surface area contributed by atoms with E-state index < -0.39 is 6.36 Å². The van der Waals surface area contributed by atoms with Crippen LogP contribution in [0.5, 0.6) is 5.75 Å². The number of ether oxygens (including phenoxy) is 2. The van der Waals surface area contributed by atoms with Crippen molar-refractivity contribution in [3.05, 3.63) is 47.2 Å². The first-order valence-electron chi connectivity index (χ1n) is 10.4. The van der Waals surface area contributed by atoms with E-state index in [1.54, 1.807) is 17.2 Å². The number of nitrogens with one attached hydrogen (secondary N) is 1. The Morgan fingerprint density at radius 3 is 2.65 bits per heavy atom. The molecule has 0 spiro atoms. The maximum absolute atomic E-state index is 13.2. The second-order valence-electron chi connectivity index (χ2n) is 8.16. The fraction of sp³-hybridized carbons (Fsp3) is 0.455. The lowest BCUT2D eigenvalue weighted by atomic mass is 9.88. The molecule has 2 heterocycles. The van der Waals surface area contributed by atoms with Crippen molar-refractivity contribution in [2.75, 3.05) is 31.6 Å². The van der Waals surface area contributed by atoms with Crippen LogP contribution >= 0.6 is 0 Å². The maximum Gasteiger partial charge on any atom is 0.573 e. The topological polar surface area (TPSA) is 63.7 Å². The largest absolute Gasteiger partial charge is 0.573 e. The number of amides is 1. The van der Waals surface area contributed by atoms with Crippen molar-refractivity contribution in [3.63, 3.8) is 0 Å². The summed E-state index contributed by atoms with van der Waals surface area (Å²) in [5, 5.41) is 3.16. The van der Waals surface area contributed by atoms with Gasteiger partial charge in [-0.05, 0) is 48.8 Å². The highest BCUT2D eigenvalue weighted by molar-refractivity contribution is 5.97. The van der Waals surface area contributed by atoms with E-state index in [9.17, 15) is 18.0 Å². The number of aromatic nitrogens is 1. The molecule has 2 atom stereocenters. The Morgan fingerprint density at radius 2 is 1.90 bits per heavy atom. The van der Waals surface area contributed by atoms with E-state index in [1.807, 2.05) is 0 Å². The van der Waals surface area contributed by atoms with Crippen molar-refractivity contribution in [2.24, 2.45) is 0 Å². The lowest BCUT2D eigenvalue weighted by Gasteiger charge is -2.29. The Hall–Kier alpha value is -2.81. The van der Waals surface area contributed by atoms with Crippen molar-refractivity contribution < 1.29 is 27.4 Å². The van der Waals surface area contributed by atoms with E-state index >= 15 is 0 Å². The number of carbonyl (C=O) groups is 1. The summed E-state index contributed by atoms with van der Waals surface area (Å²) in [5.74, 6) is 0.914. The normalized spacial score (nSPS) is 22.4. The van der Waals surface area contributed by atoms with E-state index in [0.29, 0.717) is 55.2 Å². The molecule has 2 bridgehead atoms. The van der Waals surface area contributed by atoms with Gasteiger partial charge in [0.15, 0.2) is 0 Å². The number of alkyl halides is 3. The number of benzene rings is 1. The van der Waals surface area contributed by atoms with E-state index in [1.165, 1.54) is 18.2 Å². The molecule has 1 aromatic carbocycles. The van der Waals surface area contributed by atoms with Crippen molar-refractivity contribution in [2.45, 2.75) is 37.5 Å². The average Bonchev–Trinajstić information content (AvgIpc) is 3.36. The van der Waals surface area contributed by atoms with E-state index in [0.717, 1.165) is 30.4 Å². The molecule has 5 rings (SSSR count). The predicted molar refractivity (Wildman–Crippen MR) is 107 cm³/mol. The lowest BCUT2D eigenvalue weighted by molar-refractivity contribution is -0.274. The highest BCUT2D eigenvalue weighted by atomic mass is 19.4. The minimum absolute atomic E-state index is 0.0216. The SMILES string of the molecule is O=C(c1cnc(Nc2cccc(OC(F)(F)F)c2)c2c1C1CCC2C1)N1CCOCC1. The van der Waals surface area contributed by atoms with Gasteiger partial charge >= 0.3 is 6.36 Å². The summed E-state index contributed by atoms with van der Waals surface area (Å²) in [5.41, 5.74) is 3.17. The van der Waals surface area contributed by atoms with E-state index in [-0.39, 0.29) is 11.7 Å². The minimum Gasteiger partial charge on any atom is -0.406 e. The highest BCUT2D eigenvalue weighted by Gasteiger charge is 2.42. The second kappa shape index (κ2) is 7.71. The summed E-state index contributed by atoms with van der Waals surface area (Å²) >= 11 is 0. The van der Waals surface area contributed by atoms with Gasteiger partial charge in [-0.15, -0.1) is 13.2 Å². The first-order valence-corrected chi connectivity index (χ1v) is 10.4. The zero-order chi connectivity index (χ0) is 21.6. The summed E-state index contributed by atoms with van der Waals surface area (Å²) in [6.45, 7) is 2.19. The lowest BCUT2D eigenvalue weighted by Crippen LogP contribution is -2.41. The summed E-state index contributed by atoms with van der Waals surface area (Å²) in [7, 11) is 0. The molecule has 1 aromatic heterocycles. The number of fused-ring (bicyclic) bond motifs is 5. The molecule has 2 aromatic rings. The Morgan fingerprint density at radius 1 is 1.16 bits per heavy atom. The van der Waals surface area contributed by atoms with Crippen molar-refractivity contribution >= 4 is 17.4 Å². The fourth-order valence-corrected chi connectivity index (χ4v) is 5.01. The summed E-state index contributed by atoms with van der Waals surface area (Å²) < 4.78 is 47.0. The van der Waals surface area contributed by atoms with Crippen LogP contribution in [0, 0.1) is 0 Å². The second-order valence-corrected chi connectivity index (χ2v) is 8.16. The average molecular weight is 433 g/mol. The summed E-state index contributed by atoms with van der Waals surface area (Å²) in [6, 6.07) is 5.70. The molecule has 2 unspecified atom stereocenters. The summed E-state index contributed by atoms with van der Waals surface area (Å²) in [6.07, 6.45) is -0.0926. The van der Waals surface area contributed by atoms with Crippen LogP contribution in [-0.2, 0) is 4.74 Å². The molecule has 1 saturated carbocycles. The van der Waals surface area contributed by atoms with Crippen LogP contribution in [0.15, 0.2) is 30.5 Å². The first kappa shape index (κ1) is 20.1. The molecule has 31 heavy (non-hydrogen) atoms. The molecular formula is C22H22F3N3O3. The number of carbonyl (C=O) groups excluding carboxylic acids is 1. The Balaban J connectivity index is 1.46. The van der Waals surface area contributed by atoms with Crippen molar-refractivity contribution in [1.82, 2.24) is 9.88 Å². The molecule has 1 aliphatic heterocycles. The molecule has 1 saturated heterocycles. The van der Waals surface area contributed by atoms with Gasteiger partial charge in [-0.2, -0.15) is 0 Å². The molecule has 164 valence electrons. The van der Waals surface area contributed by atoms with Crippen molar-refractivity contribution in [3.8, 4) is 5.75 Å². The molecular weight excluding hydrogens is 411 g/mol. The number of anilines is 2. The number of nitrogens with zero attached hydrogens (tertiary/aromatic N) is 2. The van der Waals surface area contributed by atoms with Gasteiger partial charge in [-0.25, -0.2) is 4.98 Å². The van der Waals surface area contributed by atoms with Gasteiger partial charge in [0.25, 0.3) is 5.91 Å². The fourth-order valence-electron chi connectivity index (χ4n) is 5.01. The van der Waals surface area contributed by atoms with Crippen LogP contribution in [0.3, 0.4) is 0 Å². The van der Waals surface area contributed by atoms with Crippen LogP contribution in [0.4, 0.5) is 24.7 Å². The molecule has 6 nitrogen and oxygen atoms in total. The van der Waals surface area contributed by atoms with Gasteiger partial charge < -0.3 is 19.7 Å². The monoisotopic (exact) mass is 433 g/mol. The first-order chi connectivity index (χ1) is 14.9. The molecule has 1 N–H and O–H groups in total. The number of halogens is 3. The molecule has 3 aliphatic rings. The van der Waals surface area contributed by atoms with E-state index in [2.05, 4.69) is 15.0 Å². The molecule has 1 amide bonds. The van der Waals surface area contributed by atoms with Gasteiger partial charge in [0.2, 0.25) is 0 Å². The van der Waals surface area contributed by atoms with E-state index in [4.69, 9.17) is 4.74 Å². The third-order valence-corrected chi connectivity index (χ3v) is 6.27. The molecule has 2 aliphatic carbocycles. The zero-order valence-corrected chi connectivity index (χ0v) is 16.7. The third-order valence-electron chi connectivity index (χ3n) is 6.27. The highest BCUT2D eigenvalue weighted by Crippen LogP contribution is 2.56. The van der Waals surface area contributed by atoms with Gasteiger partial charge in [-0.1, -0.05) is 6.07 Å². The smallest absolute Gasteiger partial charge is 0.406 e.